The Morgan fingerprint density at radius 3 is 1.01 bits per heavy atom. The van der Waals surface area contributed by atoms with Crippen LogP contribution in [-0.4, -0.2) is 0 Å². The number of para-hydroxylation sites is 6. The predicted octanol–water partition coefficient (Wildman–Crippen LogP) is 23.5. The summed E-state index contributed by atoms with van der Waals surface area (Å²) in [7, 11) is 0. The van der Waals surface area contributed by atoms with Crippen molar-refractivity contribution >= 4 is 88.2 Å². The highest BCUT2D eigenvalue weighted by molar-refractivity contribution is 9.10. The van der Waals surface area contributed by atoms with Crippen LogP contribution in [0.1, 0.15) is 44.5 Å². The summed E-state index contributed by atoms with van der Waals surface area (Å²) in [5.74, 6) is 0. The first-order valence-electron chi connectivity index (χ1n) is 31.1. The van der Waals surface area contributed by atoms with Crippen molar-refractivity contribution in [2.45, 2.75) is 10.8 Å². The zero-order valence-electron chi connectivity index (χ0n) is 49.3. The van der Waals surface area contributed by atoms with Gasteiger partial charge in [-0.1, -0.05) is 271 Å². The maximum absolute atomic E-state index is 6.97. The second-order valence-electron chi connectivity index (χ2n) is 23.8. The van der Waals surface area contributed by atoms with E-state index in [1.54, 1.807) is 0 Å². The largest absolute Gasteiger partial charge is 0.455 e. The van der Waals surface area contributed by atoms with Gasteiger partial charge in [-0.05, 0) is 151 Å². The third-order valence-electron chi connectivity index (χ3n) is 19.3. The fourth-order valence-electron chi connectivity index (χ4n) is 15.8. The van der Waals surface area contributed by atoms with Crippen molar-refractivity contribution in [3.8, 4) is 44.5 Å². The molecule has 16 aromatic rings. The first-order chi connectivity index (χ1) is 45.1. The standard InChI is InChI=1S/C43H27NO.C31H17BrO.C12H11N/c1-3-15-28(16-4-1)44(29-17-5-2-6-18-29)38-27-37-40(42-41(38)33-22-10-14-26-39(33)45-42)32-21-9-13-25-36(32)43(37)34-23-11-7-19-30(34)31-20-8-12-24-35(31)43;32-26-17-25-28(30-29(26)21-12-4-8-16-27(21)33-30)20-11-3-7-15-24(20)31(25)22-13-5-1-9-18(22)19-10-2-6-14-23(19)31;1-3-7-11(8-4-1)13-12-9-5-2-6-10-12/h1-27H;1-17H;1-10,13H. The lowest BCUT2D eigenvalue weighted by molar-refractivity contribution is 0.668. The van der Waals surface area contributed by atoms with E-state index in [0.717, 1.165) is 76.8 Å². The molecule has 4 nitrogen and oxygen atoms in total. The molecule has 0 unspecified atom stereocenters. The van der Waals surface area contributed by atoms with E-state index in [1.807, 2.05) is 66.7 Å². The van der Waals surface area contributed by atoms with Gasteiger partial charge in [-0.25, -0.2) is 0 Å². The molecule has 0 aliphatic heterocycles. The maximum Gasteiger partial charge on any atom is 0.145 e. The fourth-order valence-corrected chi connectivity index (χ4v) is 16.4. The van der Waals surface area contributed by atoms with E-state index in [-0.39, 0.29) is 5.41 Å². The Labute approximate surface area is 535 Å². The Morgan fingerprint density at radius 1 is 0.286 bits per heavy atom. The normalized spacial score (nSPS) is 13.3. The van der Waals surface area contributed by atoms with Crippen molar-refractivity contribution < 1.29 is 8.83 Å². The van der Waals surface area contributed by atoms with Crippen molar-refractivity contribution in [3.05, 3.63) is 377 Å². The quantitative estimate of drug-likeness (QED) is 0.186. The molecule has 1 N–H and O–H groups in total. The second kappa shape index (κ2) is 21.0. The average molecular weight is 1230 g/mol. The van der Waals surface area contributed by atoms with Crippen LogP contribution in [0.5, 0.6) is 0 Å². The number of furan rings is 2. The Hall–Kier alpha value is -11.2. The van der Waals surface area contributed by atoms with Gasteiger partial charge in [0.05, 0.1) is 21.9 Å². The van der Waals surface area contributed by atoms with Gasteiger partial charge in [0.1, 0.15) is 22.3 Å². The first kappa shape index (κ1) is 52.8. The lowest BCUT2D eigenvalue weighted by atomic mass is 9.70. The maximum atomic E-state index is 6.97. The molecule has 0 radical (unpaired) electrons. The number of nitrogens with zero attached hydrogens (tertiary/aromatic N) is 1. The summed E-state index contributed by atoms with van der Waals surface area (Å²) >= 11 is 3.95. The van der Waals surface area contributed by atoms with E-state index in [9.17, 15) is 0 Å². The van der Waals surface area contributed by atoms with Gasteiger partial charge in [-0.2, -0.15) is 0 Å². The summed E-state index contributed by atoms with van der Waals surface area (Å²) in [5.41, 5.74) is 29.1. The molecule has 0 atom stereocenters. The van der Waals surface area contributed by atoms with Crippen LogP contribution < -0.4 is 10.2 Å². The fraction of sp³-hybridized carbons (Fsp3) is 0.0233. The van der Waals surface area contributed by atoms with Crippen molar-refractivity contribution in [3.63, 3.8) is 0 Å². The van der Waals surface area contributed by atoms with Crippen molar-refractivity contribution in [2.75, 3.05) is 10.2 Å². The lowest BCUT2D eigenvalue weighted by Gasteiger charge is -2.32. The van der Waals surface area contributed by atoms with E-state index < -0.39 is 5.41 Å². The molecule has 14 aromatic carbocycles. The topological polar surface area (TPSA) is 41.6 Å². The van der Waals surface area contributed by atoms with Crippen LogP contribution in [0.4, 0.5) is 28.4 Å². The van der Waals surface area contributed by atoms with E-state index in [0.29, 0.717) is 0 Å². The molecule has 0 saturated heterocycles. The molecule has 0 amide bonds. The second-order valence-corrected chi connectivity index (χ2v) is 24.7. The lowest BCUT2D eigenvalue weighted by Crippen LogP contribution is -2.26. The molecule has 4 aliphatic rings. The van der Waals surface area contributed by atoms with Crippen LogP contribution in [0.2, 0.25) is 0 Å². The number of rotatable bonds is 5. The number of benzene rings is 14. The van der Waals surface area contributed by atoms with E-state index in [4.69, 9.17) is 8.83 Å². The third kappa shape index (κ3) is 7.75. The SMILES string of the molecule is Brc1cc2c(c3oc4ccccc4c13)-c1ccccc1C21c2ccccc2-c2ccccc21.c1ccc(N(c2ccccc2)c2cc3c(c4oc5ccccc5c24)-c2ccccc2C32c3ccccc3-c3ccccc32)cc1.c1ccc(Nc2ccccc2)cc1. The van der Waals surface area contributed by atoms with Crippen LogP contribution >= 0.6 is 15.9 Å². The van der Waals surface area contributed by atoms with Gasteiger partial charge >= 0.3 is 0 Å². The van der Waals surface area contributed by atoms with Gasteiger partial charge in [0.2, 0.25) is 0 Å². The van der Waals surface area contributed by atoms with Crippen LogP contribution in [0, 0.1) is 0 Å². The molecule has 0 saturated carbocycles. The van der Waals surface area contributed by atoms with Gasteiger partial charge in [0.15, 0.2) is 0 Å². The van der Waals surface area contributed by atoms with Crippen molar-refractivity contribution in [1.29, 1.82) is 0 Å². The molecule has 2 aromatic heterocycles. The summed E-state index contributed by atoms with van der Waals surface area (Å²) in [6, 6.07) is 117. The Morgan fingerprint density at radius 2 is 0.593 bits per heavy atom. The monoisotopic (exact) mass is 1230 g/mol. The van der Waals surface area contributed by atoms with Crippen molar-refractivity contribution in [1.82, 2.24) is 0 Å². The molecule has 2 heterocycles. The molecular weight excluding hydrogens is 1170 g/mol. The number of fused-ring (bicyclic) bond motifs is 28. The first-order valence-corrected chi connectivity index (χ1v) is 31.9. The highest BCUT2D eigenvalue weighted by Crippen LogP contribution is 2.67. The van der Waals surface area contributed by atoms with Gasteiger partial charge in [-0.15, -0.1) is 0 Å². The minimum atomic E-state index is -0.472. The number of hydrogen-bond acceptors (Lipinski definition) is 4. The summed E-state index contributed by atoms with van der Waals surface area (Å²) in [4.78, 5) is 2.40. The number of nitrogens with one attached hydrogen (secondary N) is 1. The van der Waals surface area contributed by atoms with E-state index >= 15 is 0 Å². The number of hydrogen-bond donors (Lipinski definition) is 1. The molecule has 91 heavy (non-hydrogen) atoms. The molecule has 20 rings (SSSR count). The third-order valence-corrected chi connectivity index (χ3v) is 19.9. The van der Waals surface area contributed by atoms with Gasteiger partial charge in [-0.3, -0.25) is 0 Å². The molecule has 2 spiro atoms. The zero-order valence-corrected chi connectivity index (χ0v) is 50.9. The molecule has 0 bridgehead atoms. The summed E-state index contributed by atoms with van der Waals surface area (Å²) in [6.45, 7) is 0. The minimum absolute atomic E-state index is 0.352. The zero-order chi connectivity index (χ0) is 60.2. The number of halogens is 1. The van der Waals surface area contributed by atoms with Crippen LogP contribution in [-0.2, 0) is 10.8 Å². The van der Waals surface area contributed by atoms with Gasteiger partial charge in [0, 0.05) is 54.5 Å². The summed E-state index contributed by atoms with van der Waals surface area (Å²) in [6.07, 6.45) is 0. The Bertz CT molecular complexity index is 5370. The molecule has 5 heteroatoms. The van der Waals surface area contributed by atoms with E-state index in [2.05, 4.69) is 287 Å². The highest BCUT2D eigenvalue weighted by Gasteiger charge is 2.54. The smallest absolute Gasteiger partial charge is 0.145 e. The Balaban J connectivity index is 0.000000116. The van der Waals surface area contributed by atoms with Crippen LogP contribution in [0.25, 0.3) is 88.4 Å². The van der Waals surface area contributed by atoms with Crippen LogP contribution in [0.15, 0.2) is 341 Å². The van der Waals surface area contributed by atoms with Gasteiger partial charge in [0.25, 0.3) is 0 Å². The Kier molecular flexibility index (Phi) is 12.2. The van der Waals surface area contributed by atoms with Crippen molar-refractivity contribution in [2.24, 2.45) is 0 Å². The predicted molar refractivity (Wildman–Crippen MR) is 379 cm³/mol. The average Bonchev–Trinajstić information content (AvgIpc) is 1.51. The molecule has 4 aliphatic carbocycles. The van der Waals surface area contributed by atoms with Gasteiger partial charge < -0.3 is 19.1 Å². The summed E-state index contributed by atoms with van der Waals surface area (Å²) in [5, 5.41) is 7.85. The highest BCUT2D eigenvalue weighted by atomic mass is 79.9. The molecule has 428 valence electrons. The molecular formula is C86H55BrN2O2. The number of anilines is 5. The molecule has 0 fully saturated rings. The van der Waals surface area contributed by atoms with E-state index in [1.165, 1.54) is 89.0 Å². The minimum Gasteiger partial charge on any atom is -0.455 e. The van der Waals surface area contributed by atoms with Crippen LogP contribution in [0.3, 0.4) is 0 Å². The summed E-state index contributed by atoms with van der Waals surface area (Å²) < 4.78 is 14.6.